The van der Waals surface area contributed by atoms with Gasteiger partial charge in [-0.25, -0.2) is 0 Å². The number of fused-ring (bicyclic) bond motifs is 7. The van der Waals surface area contributed by atoms with Gasteiger partial charge in [0.1, 0.15) is 11.7 Å². The smallest absolute Gasteiger partial charge is 0.302 e. The lowest BCUT2D eigenvalue weighted by atomic mass is 9.46. The average molecular weight is 391 g/mol. The molecule has 0 aromatic rings. The second-order valence-electron chi connectivity index (χ2n) is 10.4. The third-order valence-electron chi connectivity index (χ3n) is 9.51. The summed E-state index contributed by atoms with van der Waals surface area (Å²) in [5.74, 6) is 1.40. The van der Waals surface area contributed by atoms with Gasteiger partial charge in [0.25, 0.3) is 0 Å². The first-order chi connectivity index (χ1) is 13.3. The Hall–Kier alpha value is -0.910. The summed E-state index contributed by atoms with van der Waals surface area (Å²) in [5.41, 5.74) is 0.846. The third kappa shape index (κ3) is 2.21. The first-order valence-electron chi connectivity index (χ1n) is 11.1. The Bertz CT molecular complexity index is 716. The number of esters is 1. The minimum absolute atomic E-state index is 0.0273. The molecule has 0 amide bonds. The number of carbonyl (C=O) groups is 1. The number of ether oxygens (including phenoxy) is 2. The molecule has 4 aliphatic carbocycles. The summed E-state index contributed by atoms with van der Waals surface area (Å²) in [5, 5.41) is 21.0. The molecule has 0 bridgehead atoms. The van der Waals surface area contributed by atoms with Crippen LogP contribution < -0.4 is 0 Å². The van der Waals surface area contributed by atoms with Gasteiger partial charge >= 0.3 is 5.97 Å². The zero-order valence-electron chi connectivity index (χ0n) is 17.3. The molecule has 0 spiro atoms. The van der Waals surface area contributed by atoms with E-state index in [1.54, 1.807) is 0 Å². The van der Waals surface area contributed by atoms with Crippen LogP contribution in [0.3, 0.4) is 0 Å². The Kier molecular flexibility index (Phi) is 4.12. The number of aliphatic hydroxyl groups is 2. The maximum atomic E-state index is 11.4. The van der Waals surface area contributed by atoms with Crippen molar-refractivity contribution in [2.45, 2.75) is 89.6 Å². The van der Waals surface area contributed by atoms with Crippen molar-refractivity contribution in [3.05, 3.63) is 11.6 Å². The summed E-state index contributed by atoms with van der Waals surface area (Å²) >= 11 is 0. The van der Waals surface area contributed by atoms with E-state index in [1.165, 1.54) is 12.5 Å². The molecule has 0 radical (unpaired) electrons. The van der Waals surface area contributed by atoms with Crippen molar-refractivity contribution in [1.29, 1.82) is 0 Å². The van der Waals surface area contributed by atoms with Crippen LogP contribution in [-0.4, -0.2) is 46.7 Å². The highest BCUT2D eigenvalue weighted by Gasteiger charge is 2.80. The molecule has 5 heteroatoms. The molecule has 156 valence electrons. The minimum Gasteiger partial charge on any atom is -0.462 e. The second-order valence-corrected chi connectivity index (χ2v) is 10.4. The Morgan fingerprint density at radius 3 is 2.82 bits per heavy atom. The quantitative estimate of drug-likeness (QED) is 0.440. The number of hydrogen-bond donors (Lipinski definition) is 2. The SMILES string of the molecule is CC(=O)OC1CCC2(C)C(=CCC3C2CCC2(CO)C3CC3OC32C(C)O)C1. The second kappa shape index (κ2) is 6.05. The molecule has 1 saturated heterocycles. The minimum atomic E-state index is -0.532. The van der Waals surface area contributed by atoms with Crippen LogP contribution in [0.2, 0.25) is 0 Å². The Morgan fingerprint density at radius 2 is 2.14 bits per heavy atom. The van der Waals surface area contributed by atoms with Crippen LogP contribution in [0.4, 0.5) is 0 Å². The van der Waals surface area contributed by atoms with Gasteiger partial charge in [0.2, 0.25) is 0 Å². The Morgan fingerprint density at radius 1 is 1.36 bits per heavy atom. The highest BCUT2D eigenvalue weighted by molar-refractivity contribution is 5.66. The van der Waals surface area contributed by atoms with Gasteiger partial charge in [-0.1, -0.05) is 18.6 Å². The zero-order valence-corrected chi connectivity index (χ0v) is 17.3. The molecule has 1 aliphatic heterocycles. The number of allylic oxidation sites excluding steroid dienone is 1. The lowest BCUT2D eigenvalue weighted by Crippen LogP contribution is -2.57. The number of epoxide rings is 1. The summed E-state index contributed by atoms with van der Waals surface area (Å²) in [6.45, 7) is 5.87. The molecule has 1 heterocycles. The van der Waals surface area contributed by atoms with Gasteiger partial charge < -0.3 is 19.7 Å². The molecule has 5 nitrogen and oxygen atoms in total. The number of hydrogen-bond acceptors (Lipinski definition) is 5. The maximum Gasteiger partial charge on any atom is 0.302 e. The van der Waals surface area contributed by atoms with Crippen LogP contribution in [0.25, 0.3) is 0 Å². The van der Waals surface area contributed by atoms with Gasteiger partial charge in [0.05, 0.1) is 18.8 Å². The van der Waals surface area contributed by atoms with Gasteiger partial charge in [0, 0.05) is 18.8 Å². The molecule has 0 aromatic heterocycles. The summed E-state index contributed by atoms with van der Waals surface area (Å²) < 4.78 is 11.6. The van der Waals surface area contributed by atoms with Crippen molar-refractivity contribution in [2.24, 2.45) is 28.6 Å². The van der Waals surface area contributed by atoms with E-state index >= 15 is 0 Å². The topological polar surface area (TPSA) is 79.3 Å². The van der Waals surface area contributed by atoms with E-state index in [2.05, 4.69) is 13.0 Å². The Balaban J connectivity index is 1.44. The summed E-state index contributed by atoms with van der Waals surface area (Å²) in [6, 6.07) is 0. The van der Waals surface area contributed by atoms with Gasteiger partial charge in [-0.05, 0) is 68.6 Å². The highest BCUT2D eigenvalue weighted by Crippen LogP contribution is 2.73. The molecule has 0 aromatic carbocycles. The van der Waals surface area contributed by atoms with Crippen LogP contribution >= 0.6 is 0 Å². The summed E-state index contributed by atoms with van der Waals surface area (Å²) in [4.78, 5) is 11.4. The summed E-state index contributed by atoms with van der Waals surface area (Å²) in [6.07, 6.45) is 8.94. The van der Waals surface area contributed by atoms with Gasteiger partial charge in [0.15, 0.2) is 0 Å². The standard InChI is InChI=1S/C23H34O5/c1-13(25)23-20(28-23)11-19-17-5-4-15-10-16(27-14(2)26)6-8-21(15,3)18(17)7-9-22(19,23)12-24/h4,13,16-20,24-25H,5-12H2,1-3H3. The molecule has 2 N–H and O–H groups in total. The number of rotatable bonds is 3. The lowest BCUT2D eigenvalue weighted by molar-refractivity contribution is -0.151. The van der Waals surface area contributed by atoms with Crippen molar-refractivity contribution in [3.63, 3.8) is 0 Å². The zero-order chi connectivity index (χ0) is 19.9. The van der Waals surface area contributed by atoms with Crippen molar-refractivity contribution < 1.29 is 24.5 Å². The monoisotopic (exact) mass is 390 g/mol. The average Bonchev–Trinajstić information content (AvgIpc) is 3.31. The molecule has 9 unspecified atom stereocenters. The van der Waals surface area contributed by atoms with Crippen LogP contribution in [0, 0.1) is 28.6 Å². The molecule has 5 rings (SSSR count). The van der Waals surface area contributed by atoms with Crippen molar-refractivity contribution in [2.75, 3.05) is 6.61 Å². The van der Waals surface area contributed by atoms with Crippen LogP contribution in [0.1, 0.15) is 65.7 Å². The van der Waals surface area contributed by atoms with Gasteiger partial charge in [-0.15, -0.1) is 0 Å². The summed E-state index contributed by atoms with van der Waals surface area (Å²) in [7, 11) is 0. The normalized spacial score (nSPS) is 52.5. The van der Waals surface area contributed by atoms with Crippen LogP contribution in [0.5, 0.6) is 0 Å². The first kappa shape index (κ1) is 19.1. The largest absolute Gasteiger partial charge is 0.462 e. The molecular weight excluding hydrogens is 356 g/mol. The van der Waals surface area contributed by atoms with E-state index in [4.69, 9.17) is 9.47 Å². The predicted octanol–water partition coefficient (Wildman–Crippen LogP) is 2.98. The van der Waals surface area contributed by atoms with E-state index in [1.807, 2.05) is 6.92 Å². The van der Waals surface area contributed by atoms with E-state index in [0.29, 0.717) is 17.8 Å². The molecule has 9 atom stereocenters. The Labute approximate surface area is 167 Å². The van der Waals surface area contributed by atoms with Crippen molar-refractivity contribution >= 4 is 5.97 Å². The van der Waals surface area contributed by atoms with Crippen LogP contribution in [-0.2, 0) is 14.3 Å². The van der Waals surface area contributed by atoms with Crippen molar-refractivity contribution in [1.82, 2.24) is 0 Å². The van der Waals surface area contributed by atoms with E-state index in [-0.39, 0.29) is 35.6 Å². The molecule has 3 saturated carbocycles. The fourth-order valence-corrected chi connectivity index (χ4v) is 8.26. The van der Waals surface area contributed by atoms with Crippen molar-refractivity contribution in [3.8, 4) is 0 Å². The molecular formula is C23H34O5. The van der Waals surface area contributed by atoms with E-state index in [0.717, 1.165) is 44.9 Å². The molecule has 5 aliphatic rings. The molecule has 4 fully saturated rings. The first-order valence-corrected chi connectivity index (χ1v) is 11.1. The van der Waals surface area contributed by atoms with Gasteiger partial charge in [-0.2, -0.15) is 0 Å². The number of aliphatic hydroxyl groups excluding tert-OH is 2. The van der Waals surface area contributed by atoms with Gasteiger partial charge in [-0.3, -0.25) is 4.79 Å². The molecule has 28 heavy (non-hydrogen) atoms. The maximum absolute atomic E-state index is 11.4. The number of carbonyl (C=O) groups excluding carboxylic acids is 1. The lowest BCUT2D eigenvalue weighted by Gasteiger charge is -2.59. The van der Waals surface area contributed by atoms with E-state index in [9.17, 15) is 15.0 Å². The fraction of sp³-hybridized carbons (Fsp3) is 0.870. The van der Waals surface area contributed by atoms with E-state index < -0.39 is 11.7 Å². The third-order valence-corrected chi connectivity index (χ3v) is 9.51. The van der Waals surface area contributed by atoms with Crippen LogP contribution in [0.15, 0.2) is 11.6 Å². The predicted molar refractivity (Wildman–Crippen MR) is 103 cm³/mol. The highest BCUT2D eigenvalue weighted by atomic mass is 16.6. The fourth-order valence-electron chi connectivity index (χ4n) is 8.26.